The number of tetrazole rings is 1. The standard InChI is InChI=1S/C19H20N4O5/c1-27-8-4-7-23-18(20-21-22-23)15-10-14(16(24)11-17(15)25)12-5-3-6-13(9-12)19(26)28-2/h3,5-6,9-11,24-25H,4,7-8H2,1-2H3. The second-order valence-corrected chi connectivity index (χ2v) is 6.03. The van der Waals surface area contributed by atoms with E-state index in [9.17, 15) is 15.0 Å². The van der Waals surface area contributed by atoms with Gasteiger partial charge in [-0.05, 0) is 40.6 Å². The summed E-state index contributed by atoms with van der Waals surface area (Å²) in [5.41, 5.74) is 1.71. The molecule has 0 fully saturated rings. The minimum Gasteiger partial charge on any atom is -0.507 e. The fourth-order valence-corrected chi connectivity index (χ4v) is 2.83. The zero-order chi connectivity index (χ0) is 20.1. The summed E-state index contributed by atoms with van der Waals surface area (Å²) in [6.45, 7) is 1.05. The number of aromatic nitrogens is 4. The number of rotatable bonds is 7. The smallest absolute Gasteiger partial charge is 0.337 e. The molecule has 146 valence electrons. The predicted molar refractivity (Wildman–Crippen MR) is 99.9 cm³/mol. The van der Waals surface area contributed by atoms with Crippen molar-refractivity contribution >= 4 is 5.97 Å². The fourth-order valence-electron chi connectivity index (χ4n) is 2.83. The highest BCUT2D eigenvalue weighted by Crippen LogP contribution is 2.39. The summed E-state index contributed by atoms with van der Waals surface area (Å²) < 4.78 is 11.3. The third kappa shape index (κ3) is 3.94. The van der Waals surface area contributed by atoms with Crippen LogP contribution < -0.4 is 0 Å². The number of esters is 1. The molecule has 0 radical (unpaired) electrons. The average molecular weight is 384 g/mol. The maximum Gasteiger partial charge on any atom is 0.337 e. The van der Waals surface area contributed by atoms with Crippen LogP contribution in [0.4, 0.5) is 0 Å². The van der Waals surface area contributed by atoms with Crippen LogP contribution in [0.25, 0.3) is 22.5 Å². The molecular formula is C19H20N4O5. The van der Waals surface area contributed by atoms with E-state index in [-0.39, 0.29) is 11.5 Å². The van der Waals surface area contributed by atoms with Crippen molar-refractivity contribution in [3.63, 3.8) is 0 Å². The van der Waals surface area contributed by atoms with Gasteiger partial charge in [0.1, 0.15) is 11.5 Å². The van der Waals surface area contributed by atoms with Gasteiger partial charge in [0, 0.05) is 31.9 Å². The number of hydrogen-bond donors (Lipinski definition) is 2. The lowest BCUT2D eigenvalue weighted by molar-refractivity contribution is 0.0600. The van der Waals surface area contributed by atoms with Crippen molar-refractivity contribution in [2.75, 3.05) is 20.8 Å². The molecule has 0 bridgehead atoms. The maximum atomic E-state index is 11.8. The van der Waals surface area contributed by atoms with E-state index in [0.717, 1.165) is 0 Å². The molecular weight excluding hydrogens is 364 g/mol. The molecule has 2 aromatic carbocycles. The van der Waals surface area contributed by atoms with Crippen LogP contribution in [0.5, 0.6) is 11.5 Å². The van der Waals surface area contributed by atoms with Crippen molar-refractivity contribution in [1.29, 1.82) is 0 Å². The van der Waals surface area contributed by atoms with Gasteiger partial charge in [-0.3, -0.25) is 0 Å². The van der Waals surface area contributed by atoms with E-state index < -0.39 is 5.97 Å². The lowest BCUT2D eigenvalue weighted by Crippen LogP contribution is -2.05. The van der Waals surface area contributed by atoms with Crippen LogP contribution in [0, 0.1) is 0 Å². The second-order valence-electron chi connectivity index (χ2n) is 6.03. The monoisotopic (exact) mass is 384 g/mol. The van der Waals surface area contributed by atoms with Gasteiger partial charge in [-0.15, -0.1) is 5.10 Å². The van der Waals surface area contributed by atoms with E-state index in [0.29, 0.717) is 47.7 Å². The number of phenolic OH excluding ortho intramolecular Hbond substituents is 2. The molecule has 0 aliphatic rings. The highest BCUT2D eigenvalue weighted by atomic mass is 16.5. The van der Waals surface area contributed by atoms with Crippen LogP contribution in [0.1, 0.15) is 16.8 Å². The van der Waals surface area contributed by atoms with Gasteiger partial charge in [-0.25, -0.2) is 9.48 Å². The van der Waals surface area contributed by atoms with Crippen LogP contribution >= 0.6 is 0 Å². The molecule has 9 heteroatoms. The van der Waals surface area contributed by atoms with Gasteiger partial charge in [0.25, 0.3) is 0 Å². The fraction of sp³-hybridized carbons (Fsp3) is 0.263. The van der Waals surface area contributed by atoms with Crippen molar-refractivity contribution in [2.45, 2.75) is 13.0 Å². The number of aromatic hydroxyl groups is 2. The first-order valence-electron chi connectivity index (χ1n) is 8.55. The molecule has 0 atom stereocenters. The number of phenols is 2. The van der Waals surface area contributed by atoms with Crippen LogP contribution in [0.3, 0.4) is 0 Å². The average Bonchev–Trinajstić information content (AvgIpc) is 3.16. The summed E-state index contributed by atoms with van der Waals surface area (Å²) in [5.74, 6) is -0.420. The highest BCUT2D eigenvalue weighted by molar-refractivity contribution is 5.91. The van der Waals surface area contributed by atoms with Crippen LogP contribution in [0.2, 0.25) is 0 Å². The first-order valence-corrected chi connectivity index (χ1v) is 8.55. The van der Waals surface area contributed by atoms with Crippen molar-refractivity contribution in [2.24, 2.45) is 0 Å². The van der Waals surface area contributed by atoms with Gasteiger partial charge < -0.3 is 19.7 Å². The largest absolute Gasteiger partial charge is 0.507 e. The third-order valence-corrected chi connectivity index (χ3v) is 4.20. The molecule has 0 amide bonds. The molecule has 0 aliphatic heterocycles. The minimum atomic E-state index is -0.484. The maximum absolute atomic E-state index is 11.8. The minimum absolute atomic E-state index is 0.137. The Hall–Kier alpha value is -3.46. The van der Waals surface area contributed by atoms with Crippen molar-refractivity contribution in [1.82, 2.24) is 20.2 Å². The highest BCUT2D eigenvalue weighted by Gasteiger charge is 2.18. The summed E-state index contributed by atoms with van der Waals surface area (Å²) in [5, 5.41) is 32.3. The summed E-state index contributed by atoms with van der Waals surface area (Å²) in [6, 6.07) is 9.45. The molecule has 0 spiro atoms. The predicted octanol–water partition coefficient (Wildman–Crippen LogP) is 2.24. The van der Waals surface area contributed by atoms with Crippen LogP contribution in [0.15, 0.2) is 36.4 Å². The number of hydrogen-bond acceptors (Lipinski definition) is 8. The van der Waals surface area contributed by atoms with Gasteiger partial charge >= 0.3 is 5.97 Å². The van der Waals surface area contributed by atoms with Crippen LogP contribution in [-0.2, 0) is 16.0 Å². The molecule has 3 rings (SSSR count). The zero-order valence-corrected chi connectivity index (χ0v) is 15.5. The zero-order valence-electron chi connectivity index (χ0n) is 15.5. The Balaban J connectivity index is 2.03. The van der Waals surface area contributed by atoms with E-state index in [4.69, 9.17) is 9.47 Å². The first kappa shape index (κ1) is 19.3. The third-order valence-electron chi connectivity index (χ3n) is 4.20. The van der Waals surface area contributed by atoms with Gasteiger partial charge in [0.2, 0.25) is 0 Å². The first-order chi connectivity index (χ1) is 13.5. The van der Waals surface area contributed by atoms with E-state index in [1.807, 2.05) is 0 Å². The van der Waals surface area contributed by atoms with E-state index in [1.54, 1.807) is 42.1 Å². The number of carbonyl (C=O) groups is 1. The number of nitrogens with zero attached hydrogens (tertiary/aromatic N) is 4. The van der Waals surface area contributed by atoms with E-state index in [1.165, 1.54) is 13.2 Å². The van der Waals surface area contributed by atoms with Crippen LogP contribution in [-0.4, -0.2) is 57.2 Å². The molecule has 9 nitrogen and oxygen atoms in total. The van der Waals surface area contributed by atoms with E-state index in [2.05, 4.69) is 15.5 Å². The lowest BCUT2D eigenvalue weighted by atomic mass is 9.99. The van der Waals surface area contributed by atoms with E-state index >= 15 is 0 Å². The molecule has 3 aromatic rings. The Morgan fingerprint density at radius 3 is 2.64 bits per heavy atom. The molecule has 0 unspecified atom stereocenters. The normalized spacial score (nSPS) is 10.8. The van der Waals surface area contributed by atoms with Gasteiger partial charge in [0.15, 0.2) is 5.82 Å². The molecule has 0 aliphatic carbocycles. The molecule has 0 saturated carbocycles. The van der Waals surface area contributed by atoms with Crippen molar-refractivity contribution < 1.29 is 24.5 Å². The summed E-state index contributed by atoms with van der Waals surface area (Å²) in [7, 11) is 2.91. The number of ether oxygens (including phenoxy) is 2. The summed E-state index contributed by atoms with van der Waals surface area (Å²) >= 11 is 0. The Labute approximate surface area is 161 Å². The quantitative estimate of drug-likeness (QED) is 0.470. The van der Waals surface area contributed by atoms with Crippen molar-refractivity contribution in [3.8, 4) is 34.0 Å². The SMILES string of the molecule is COCCCn1nnnc1-c1cc(-c2cccc(C(=O)OC)c2)c(O)cc1O. The topological polar surface area (TPSA) is 120 Å². The van der Waals surface area contributed by atoms with Gasteiger partial charge in [-0.1, -0.05) is 12.1 Å². The molecule has 1 heterocycles. The van der Waals surface area contributed by atoms with Gasteiger partial charge in [0.05, 0.1) is 18.2 Å². The Morgan fingerprint density at radius 1 is 1.11 bits per heavy atom. The Bertz CT molecular complexity index is 986. The number of aryl methyl sites for hydroxylation is 1. The number of carbonyl (C=O) groups excluding carboxylic acids is 1. The van der Waals surface area contributed by atoms with Gasteiger partial charge in [-0.2, -0.15) is 0 Å². The molecule has 0 saturated heterocycles. The molecule has 1 aromatic heterocycles. The Morgan fingerprint density at radius 2 is 1.89 bits per heavy atom. The second kappa shape index (κ2) is 8.49. The van der Waals surface area contributed by atoms with Crippen molar-refractivity contribution in [3.05, 3.63) is 42.0 Å². The molecule has 2 N–H and O–H groups in total. The lowest BCUT2D eigenvalue weighted by Gasteiger charge is -2.11. The number of benzene rings is 2. The summed E-state index contributed by atoms with van der Waals surface area (Å²) in [4.78, 5) is 11.8. The Kier molecular flexibility index (Phi) is 5.85. The number of methoxy groups -OCH3 is 2. The summed E-state index contributed by atoms with van der Waals surface area (Å²) in [6.07, 6.45) is 0.696. The molecule has 28 heavy (non-hydrogen) atoms.